The second kappa shape index (κ2) is 11.3. The summed E-state index contributed by atoms with van der Waals surface area (Å²) in [6.07, 6.45) is 0.694. The molecule has 0 radical (unpaired) electrons. The van der Waals surface area contributed by atoms with Crippen molar-refractivity contribution in [3.8, 4) is 11.5 Å². The van der Waals surface area contributed by atoms with Crippen LogP contribution in [0.3, 0.4) is 0 Å². The molecule has 3 aromatic carbocycles. The second-order valence-corrected chi connectivity index (χ2v) is 10.4. The molecule has 2 aliphatic rings. The summed E-state index contributed by atoms with van der Waals surface area (Å²) in [4.78, 5) is 59.0. The van der Waals surface area contributed by atoms with Crippen molar-refractivity contribution in [2.75, 3.05) is 46.3 Å². The lowest BCUT2D eigenvalue weighted by molar-refractivity contribution is -0.118. The largest absolute Gasteiger partial charge is 0.493 e. The molecule has 6 rings (SSSR count). The van der Waals surface area contributed by atoms with Crippen molar-refractivity contribution in [1.29, 1.82) is 0 Å². The van der Waals surface area contributed by atoms with E-state index in [1.54, 1.807) is 36.4 Å². The Labute approximate surface area is 247 Å². The average Bonchev–Trinajstić information content (AvgIpc) is 3.50. The van der Waals surface area contributed by atoms with Gasteiger partial charge in [-0.3, -0.25) is 24.2 Å². The standard InChI is InChI=1S/C32H30N4O7/c1-41-25-14-22-23(15-26(25)42-2)33-29(32(40)43-3)28(22)34-27(37)17-35-13-12-18-8-4-5-9-19(18)24(35)16-36-30(38)20-10-6-7-11-21(20)31(36)39/h4-11,14-15,24,33H,12-13,16-17H2,1-3H3,(H,34,37). The van der Waals surface area contributed by atoms with Crippen molar-refractivity contribution in [3.63, 3.8) is 0 Å². The quantitative estimate of drug-likeness (QED) is 0.237. The molecule has 43 heavy (non-hydrogen) atoms. The third-order valence-electron chi connectivity index (χ3n) is 8.06. The molecule has 0 saturated heterocycles. The van der Waals surface area contributed by atoms with E-state index in [1.165, 1.54) is 26.2 Å². The monoisotopic (exact) mass is 582 g/mol. The van der Waals surface area contributed by atoms with Crippen LogP contribution in [0.25, 0.3) is 10.9 Å². The predicted molar refractivity (Wildman–Crippen MR) is 158 cm³/mol. The molecule has 220 valence electrons. The lowest BCUT2D eigenvalue weighted by Crippen LogP contribution is -2.46. The zero-order valence-electron chi connectivity index (χ0n) is 23.9. The fraction of sp³-hybridized carbons (Fsp3) is 0.250. The van der Waals surface area contributed by atoms with Crippen molar-refractivity contribution in [1.82, 2.24) is 14.8 Å². The normalized spacial score (nSPS) is 16.2. The van der Waals surface area contributed by atoms with Crippen molar-refractivity contribution < 1.29 is 33.4 Å². The Morgan fingerprint density at radius 1 is 0.930 bits per heavy atom. The summed E-state index contributed by atoms with van der Waals surface area (Å²) in [6.45, 7) is 0.567. The fourth-order valence-electron chi connectivity index (χ4n) is 5.95. The van der Waals surface area contributed by atoms with Crippen LogP contribution in [0, 0.1) is 0 Å². The number of hydrogen-bond acceptors (Lipinski definition) is 8. The van der Waals surface area contributed by atoms with Crippen LogP contribution >= 0.6 is 0 Å². The summed E-state index contributed by atoms with van der Waals surface area (Å²) in [5.41, 5.74) is 3.69. The SMILES string of the molecule is COC(=O)c1[nH]c2cc(OC)c(OC)cc2c1NC(=O)CN1CCc2ccccc2C1CN1C(=O)c2ccccc2C1=O. The number of carbonyl (C=O) groups is 4. The molecule has 2 aliphatic heterocycles. The van der Waals surface area contributed by atoms with Gasteiger partial charge in [0.1, 0.15) is 5.69 Å². The molecule has 1 aromatic heterocycles. The van der Waals surface area contributed by atoms with Crippen molar-refractivity contribution in [2.24, 2.45) is 0 Å². The highest BCUT2D eigenvalue weighted by atomic mass is 16.5. The number of aromatic nitrogens is 1. The molecule has 0 bridgehead atoms. The first-order valence-corrected chi connectivity index (χ1v) is 13.8. The number of esters is 1. The maximum Gasteiger partial charge on any atom is 0.356 e. The Morgan fingerprint density at radius 3 is 2.26 bits per heavy atom. The van der Waals surface area contributed by atoms with Gasteiger partial charge in [-0.1, -0.05) is 36.4 Å². The van der Waals surface area contributed by atoms with E-state index < -0.39 is 12.0 Å². The van der Waals surface area contributed by atoms with Crippen LogP contribution in [0.2, 0.25) is 0 Å². The highest BCUT2D eigenvalue weighted by molar-refractivity contribution is 6.21. The van der Waals surface area contributed by atoms with Gasteiger partial charge in [0, 0.05) is 24.5 Å². The topological polar surface area (TPSA) is 130 Å². The van der Waals surface area contributed by atoms with E-state index in [2.05, 4.69) is 10.3 Å². The second-order valence-electron chi connectivity index (χ2n) is 10.4. The first-order chi connectivity index (χ1) is 20.8. The Bertz CT molecular complexity index is 1740. The molecule has 4 aromatic rings. The zero-order chi connectivity index (χ0) is 30.2. The van der Waals surface area contributed by atoms with Gasteiger partial charge in [-0.05, 0) is 35.7 Å². The summed E-state index contributed by atoms with van der Waals surface area (Å²) < 4.78 is 15.8. The summed E-state index contributed by atoms with van der Waals surface area (Å²) in [5.74, 6) is -0.853. The van der Waals surface area contributed by atoms with Gasteiger partial charge in [-0.15, -0.1) is 0 Å². The number of imide groups is 1. The highest BCUT2D eigenvalue weighted by Crippen LogP contribution is 2.38. The minimum atomic E-state index is -0.653. The highest BCUT2D eigenvalue weighted by Gasteiger charge is 2.39. The van der Waals surface area contributed by atoms with Gasteiger partial charge in [0.05, 0.1) is 56.2 Å². The van der Waals surface area contributed by atoms with E-state index in [-0.39, 0.29) is 42.2 Å². The average molecular weight is 583 g/mol. The van der Waals surface area contributed by atoms with E-state index in [1.807, 2.05) is 29.2 Å². The molecule has 0 fully saturated rings. The van der Waals surface area contributed by atoms with Gasteiger partial charge in [-0.2, -0.15) is 0 Å². The number of ether oxygens (including phenoxy) is 3. The smallest absolute Gasteiger partial charge is 0.356 e. The number of rotatable bonds is 8. The van der Waals surface area contributed by atoms with Gasteiger partial charge in [0.2, 0.25) is 5.91 Å². The van der Waals surface area contributed by atoms with E-state index in [0.29, 0.717) is 46.5 Å². The van der Waals surface area contributed by atoms with Crippen LogP contribution < -0.4 is 14.8 Å². The first kappa shape index (κ1) is 28.0. The summed E-state index contributed by atoms with van der Waals surface area (Å²) in [6, 6.07) is 17.6. The molecule has 11 nitrogen and oxygen atoms in total. The number of nitrogens with zero attached hydrogens (tertiary/aromatic N) is 2. The molecular formula is C32H30N4O7. The molecule has 3 amide bonds. The molecule has 2 N–H and O–H groups in total. The third-order valence-corrected chi connectivity index (χ3v) is 8.06. The number of hydrogen-bond donors (Lipinski definition) is 2. The molecule has 11 heteroatoms. The number of fused-ring (bicyclic) bond motifs is 3. The lowest BCUT2D eigenvalue weighted by Gasteiger charge is -2.38. The predicted octanol–water partition coefficient (Wildman–Crippen LogP) is 3.81. The number of H-pyrrole nitrogens is 1. The molecule has 0 aliphatic carbocycles. The van der Waals surface area contributed by atoms with Gasteiger partial charge < -0.3 is 24.5 Å². The molecule has 0 spiro atoms. The molecule has 3 heterocycles. The Hall–Kier alpha value is -5.16. The minimum Gasteiger partial charge on any atom is -0.493 e. The maximum absolute atomic E-state index is 13.6. The number of methoxy groups -OCH3 is 3. The van der Waals surface area contributed by atoms with Crippen LogP contribution in [-0.4, -0.2) is 79.4 Å². The minimum absolute atomic E-state index is 0.0528. The molecular weight excluding hydrogens is 552 g/mol. The van der Waals surface area contributed by atoms with Crippen LogP contribution in [0.5, 0.6) is 11.5 Å². The van der Waals surface area contributed by atoms with Gasteiger partial charge in [0.25, 0.3) is 11.8 Å². The molecule has 0 saturated carbocycles. The number of carbonyl (C=O) groups excluding carboxylic acids is 4. The zero-order valence-corrected chi connectivity index (χ0v) is 23.9. The molecule has 1 atom stereocenters. The van der Waals surface area contributed by atoms with Crippen molar-refractivity contribution in [3.05, 3.63) is 88.6 Å². The van der Waals surface area contributed by atoms with Crippen LogP contribution in [0.15, 0.2) is 60.7 Å². The number of amides is 3. The third kappa shape index (κ3) is 4.87. The maximum atomic E-state index is 13.6. The van der Waals surface area contributed by atoms with Gasteiger partial charge in [-0.25, -0.2) is 4.79 Å². The van der Waals surface area contributed by atoms with Crippen LogP contribution in [0.4, 0.5) is 5.69 Å². The van der Waals surface area contributed by atoms with Crippen LogP contribution in [0.1, 0.15) is 48.4 Å². The number of benzene rings is 3. The summed E-state index contributed by atoms with van der Waals surface area (Å²) in [5, 5.41) is 3.44. The van der Waals surface area contributed by atoms with E-state index in [4.69, 9.17) is 14.2 Å². The Kier molecular flexibility index (Phi) is 7.32. The van der Waals surface area contributed by atoms with Gasteiger partial charge in [0.15, 0.2) is 11.5 Å². The van der Waals surface area contributed by atoms with Crippen molar-refractivity contribution in [2.45, 2.75) is 12.5 Å². The Balaban J connectivity index is 1.30. The lowest BCUT2D eigenvalue weighted by atomic mass is 9.92. The van der Waals surface area contributed by atoms with E-state index >= 15 is 0 Å². The van der Waals surface area contributed by atoms with Crippen molar-refractivity contribution >= 4 is 40.3 Å². The summed E-state index contributed by atoms with van der Waals surface area (Å²) in [7, 11) is 4.26. The van der Waals surface area contributed by atoms with E-state index in [0.717, 1.165) is 11.1 Å². The van der Waals surface area contributed by atoms with E-state index in [9.17, 15) is 19.2 Å². The van der Waals surface area contributed by atoms with Gasteiger partial charge >= 0.3 is 5.97 Å². The Morgan fingerprint density at radius 2 is 1.58 bits per heavy atom. The number of anilines is 1. The number of nitrogens with one attached hydrogen (secondary N) is 2. The fourth-order valence-corrected chi connectivity index (χ4v) is 5.95. The molecule has 1 unspecified atom stereocenters. The van der Waals surface area contributed by atoms with Crippen LogP contribution in [-0.2, 0) is 16.0 Å². The summed E-state index contributed by atoms with van der Waals surface area (Å²) >= 11 is 0. The first-order valence-electron chi connectivity index (χ1n) is 13.8. The number of aromatic amines is 1.